The fraction of sp³-hybridized carbons (Fsp3) is 0.238. The third-order valence-electron chi connectivity index (χ3n) is 4.20. The van der Waals surface area contributed by atoms with Crippen LogP contribution in [0.4, 0.5) is 0 Å². The topological polar surface area (TPSA) is 75.0 Å². The lowest BCUT2D eigenvalue weighted by molar-refractivity contribution is -0.118. The molecule has 146 valence electrons. The number of ether oxygens (including phenoxy) is 3. The Morgan fingerprint density at radius 1 is 1.11 bits per heavy atom. The quantitative estimate of drug-likeness (QED) is 0.608. The number of Topliss-reactive ketones (excluding diaryl/α,β-unsaturated/α-hetero) is 1. The molecule has 0 aliphatic heterocycles. The highest BCUT2D eigenvalue weighted by Crippen LogP contribution is 2.37. The number of fused-ring (bicyclic) bond motifs is 1. The van der Waals surface area contributed by atoms with Gasteiger partial charge in [-0.25, -0.2) is 0 Å². The summed E-state index contributed by atoms with van der Waals surface area (Å²) in [6, 6.07) is 8.32. The van der Waals surface area contributed by atoms with Crippen LogP contribution < -0.4 is 19.6 Å². The van der Waals surface area contributed by atoms with Crippen molar-refractivity contribution in [2.45, 2.75) is 13.8 Å². The SMILES string of the molecule is COc1ccc(-c2oc3cc(C)c(Cl)cc3c(=O)c2OCC(C)=O)cc1OC. The number of carbonyl (C=O) groups is 1. The zero-order valence-electron chi connectivity index (χ0n) is 15.9. The lowest BCUT2D eigenvalue weighted by atomic mass is 10.1. The summed E-state index contributed by atoms with van der Waals surface area (Å²) in [5.41, 5.74) is 1.27. The summed E-state index contributed by atoms with van der Waals surface area (Å²) in [7, 11) is 3.04. The van der Waals surface area contributed by atoms with Gasteiger partial charge in [0.05, 0.1) is 19.6 Å². The van der Waals surface area contributed by atoms with Crippen LogP contribution in [0.25, 0.3) is 22.3 Å². The van der Waals surface area contributed by atoms with Crippen molar-refractivity contribution in [2.75, 3.05) is 20.8 Å². The Labute approximate surface area is 166 Å². The lowest BCUT2D eigenvalue weighted by Crippen LogP contribution is -2.15. The molecule has 0 atom stereocenters. The van der Waals surface area contributed by atoms with Crippen molar-refractivity contribution in [3.63, 3.8) is 0 Å². The first-order valence-electron chi connectivity index (χ1n) is 8.47. The van der Waals surface area contributed by atoms with Crippen LogP contribution in [-0.2, 0) is 4.79 Å². The van der Waals surface area contributed by atoms with E-state index in [4.69, 9.17) is 30.2 Å². The van der Waals surface area contributed by atoms with E-state index in [9.17, 15) is 9.59 Å². The molecular weight excluding hydrogens is 384 g/mol. The van der Waals surface area contributed by atoms with Crippen LogP contribution in [0.3, 0.4) is 0 Å². The molecule has 0 saturated carbocycles. The molecule has 28 heavy (non-hydrogen) atoms. The summed E-state index contributed by atoms with van der Waals surface area (Å²) in [4.78, 5) is 24.5. The van der Waals surface area contributed by atoms with Gasteiger partial charge in [-0.3, -0.25) is 9.59 Å². The van der Waals surface area contributed by atoms with Crippen LogP contribution in [0.1, 0.15) is 12.5 Å². The van der Waals surface area contributed by atoms with Crippen molar-refractivity contribution < 1.29 is 23.4 Å². The highest BCUT2D eigenvalue weighted by molar-refractivity contribution is 6.32. The van der Waals surface area contributed by atoms with Crippen LogP contribution in [0.2, 0.25) is 5.02 Å². The molecule has 0 radical (unpaired) electrons. The largest absolute Gasteiger partial charge is 0.493 e. The van der Waals surface area contributed by atoms with Crippen molar-refractivity contribution in [1.82, 2.24) is 0 Å². The van der Waals surface area contributed by atoms with Crippen molar-refractivity contribution in [3.8, 4) is 28.6 Å². The fourth-order valence-electron chi connectivity index (χ4n) is 2.77. The molecule has 0 fully saturated rings. The molecule has 1 aromatic heterocycles. The molecule has 3 rings (SSSR count). The number of benzene rings is 2. The molecule has 0 bridgehead atoms. The molecule has 0 aliphatic rings. The maximum Gasteiger partial charge on any atom is 0.235 e. The highest BCUT2D eigenvalue weighted by atomic mass is 35.5. The Morgan fingerprint density at radius 3 is 2.46 bits per heavy atom. The molecule has 6 nitrogen and oxygen atoms in total. The summed E-state index contributed by atoms with van der Waals surface area (Å²) in [5.74, 6) is 0.909. The van der Waals surface area contributed by atoms with Gasteiger partial charge in [-0.15, -0.1) is 0 Å². The minimum Gasteiger partial charge on any atom is -0.493 e. The van der Waals surface area contributed by atoms with Crippen LogP contribution >= 0.6 is 11.6 Å². The minimum atomic E-state index is -0.408. The van der Waals surface area contributed by atoms with Gasteiger partial charge >= 0.3 is 0 Å². The van der Waals surface area contributed by atoms with E-state index >= 15 is 0 Å². The first-order chi connectivity index (χ1) is 13.3. The second-order valence-corrected chi connectivity index (χ2v) is 6.65. The summed E-state index contributed by atoms with van der Waals surface area (Å²) in [6.07, 6.45) is 0. The van der Waals surface area contributed by atoms with E-state index in [1.165, 1.54) is 27.2 Å². The molecule has 0 aliphatic carbocycles. The Balaban J connectivity index is 2.30. The van der Waals surface area contributed by atoms with Crippen molar-refractivity contribution >= 4 is 28.4 Å². The average Bonchev–Trinajstić information content (AvgIpc) is 2.68. The molecule has 0 spiro atoms. The van der Waals surface area contributed by atoms with Gasteiger partial charge in [-0.1, -0.05) is 11.6 Å². The first-order valence-corrected chi connectivity index (χ1v) is 8.85. The molecule has 1 heterocycles. The number of halogens is 1. The Kier molecular flexibility index (Phi) is 5.61. The smallest absolute Gasteiger partial charge is 0.235 e. The molecule has 7 heteroatoms. The number of methoxy groups -OCH3 is 2. The number of hydrogen-bond donors (Lipinski definition) is 0. The third kappa shape index (κ3) is 3.68. The fourth-order valence-corrected chi connectivity index (χ4v) is 2.93. The molecule has 0 amide bonds. The summed E-state index contributed by atoms with van der Waals surface area (Å²) in [5, 5.41) is 0.717. The zero-order valence-corrected chi connectivity index (χ0v) is 16.7. The van der Waals surface area contributed by atoms with Gasteiger partial charge in [0.2, 0.25) is 11.2 Å². The molecule has 0 N–H and O–H groups in total. The summed E-state index contributed by atoms with van der Waals surface area (Å²) >= 11 is 6.16. The van der Waals surface area contributed by atoms with E-state index in [-0.39, 0.29) is 29.3 Å². The van der Waals surface area contributed by atoms with Gasteiger partial charge in [-0.05, 0) is 49.7 Å². The van der Waals surface area contributed by atoms with Crippen molar-refractivity contribution in [2.24, 2.45) is 0 Å². The Bertz CT molecular complexity index is 1120. The predicted octanol–water partition coefficient (Wildman–Crippen LogP) is 4.41. The Hall–Kier alpha value is -2.99. The van der Waals surface area contributed by atoms with Crippen LogP contribution in [-0.4, -0.2) is 26.6 Å². The molecule has 0 unspecified atom stereocenters. The summed E-state index contributed by atoms with van der Waals surface area (Å²) in [6.45, 7) is 2.94. The molecular formula is C21H19ClO6. The maximum atomic E-state index is 13.1. The normalized spacial score (nSPS) is 10.8. The van der Waals surface area contributed by atoms with E-state index < -0.39 is 5.43 Å². The average molecular weight is 403 g/mol. The van der Waals surface area contributed by atoms with Gasteiger partial charge < -0.3 is 18.6 Å². The molecule has 2 aromatic carbocycles. The number of ketones is 1. The number of carbonyl (C=O) groups excluding carboxylic acids is 1. The van der Waals surface area contributed by atoms with Crippen LogP contribution in [0.15, 0.2) is 39.5 Å². The Morgan fingerprint density at radius 2 is 1.82 bits per heavy atom. The van der Waals surface area contributed by atoms with Gasteiger partial charge in [0.25, 0.3) is 0 Å². The highest BCUT2D eigenvalue weighted by Gasteiger charge is 2.20. The number of aryl methyl sites for hydroxylation is 1. The van der Waals surface area contributed by atoms with E-state index in [0.29, 0.717) is 27.7 Å². The van der Waals surface area contributed by atoms with E-state index in [0.717, 1.165) is 5.56 Å². The number of hydrogen-bond acceptors (Lipinski definition) is 6. The maximum absolute atomic E-state index is 13.1. The third-order valence-corrected chi connectivity index (χ3v) is 4.60. The van der Waals surface area contributed by atoms with E-state index in [1.54, 1.807) is 24.3 Å². The predicted molar refractivity (Wildman–Crippen MR) is 107 cm³/mol. The van der Waals surface area contributed by atoms with Gasteiger partial charge in [0.15, 0.2) is 23.0 Å². The standard InChI is InChI=1S/C21H19ClO6/c1-11-7-17-14(9-15(11)22)19(24)21(27-10-12(2)23)20(28-17)13-5-6-16(25-3)18(8-13)26-4/h5-9H,10H2,1-4H3. The zero-order chi connectivity index (χ0) is 20.4. The molecule has 0 saturated heterocycles. The lowest BCUT2D eigenvalue weighted by Gasteiger charge is -2.13. The van der Waals surface area contributed by atoms with Crippen LogP contribution in [0.5, 0.6) is 17.2 Å². The number of rotatable bonds is 6. The van der Waals surface area contributed by atoms with Crippen LogP contribution in [0, 0.1) is 6.92 Å². The van der Waals surface area contributed by atoms with E-state index in [1.807, 2.05) is 6.92 Å². The van der Waals surface area contributed by atoms with Gasteiger partial charge in [0, 0.05) is 10.6 Å². The van der Waals surface area contributed by atoms with Crippen molar-refractivity contribution in [3.05, 3.63) is 51.1 Å². The van der Waals surface area contributed by atoms with E-state index in [2.05, 4.69) is 0 Å². The second-order valence-electron chi connectivity index (χ2n) is 6.25. The summed E-state index contributed by atoms with van der Waals surface area (Å²) < 4.78 is 22.1. The second kappa shape index (κ2) is 7.94. The molecule has 3 aromatic rings. The van der Waals surface area contributed by atoms with Crippen molar-refractivity contribution in [1.29, 1.82) is 0 Å². The first kappa shape index (κ1) is 19.8. The van der Waals surface area contributed by atoms with Gasteiger partial charge in [-0.2, -0.15) is 0 Å². The monoisotopic (exact) mass is 402 g/mol. The minimum absolute atomic E-state index is 0.0603. The van der Waals surface area contributed by atoms with Gasteiger partial charge in [0.1, 0.15) is 12.2 Å².